The van der Waals surface area contributed by atoms with Crippen LogP contribution in [0.25, 0.3) is 82.5 Å². The number of benzene rings is 7. The van der Waals surface area contributed by atoms with Gasteiger partial charge in [0, 0.05) is 49.4 Å². The average molecular weight is 624 g/mol. The number of rotatable bonds is 3. The van der Waals surface area contributed by atoms with Crippen molar-refractivity contribution in [3.8, 4) is 29.2 Å². The summed E-state index contributed by atoms with van der Waals surface area (Å²) in [7, 11) is 0. The maximum atomic E-state index is 10.4. The number of hydrogen-bond donors (Lipinski definition) is 0. The SMILES string of the molecule is N#Cc1cc(-n2c3ccccc3c3cc(C#N)ccc32)cc(-n2c3ccccc3c3c2ccc2c4ccccc4n(-c4ccccc4)c23)c1. The van der Waals surface area contributed by atoms with Crippen molar-refractivity contribution in [1.82, 2.24) is 13.7 Å². The molecule has 0 aliphatic heterocycles. The van der Waals surface area contributed by atoms with E-state index in [9.17, 15) is 10.5 Å². The summed E-state index contributed by atoms with van der Waals surface area (Å²) in [6, 6.07) is 57.1. The van der Waals surface area contributed by atoms with E-state index in [-0.39, 0.29) is 0 Å². The first-order chi connectivity index (χ1) is 24.2. The first-order valence-electron chi connectivity index (χ1n) is 16.2. The van der Waals surface area contributed by atoms with Gasteiger partial charge in [0.05, 0.1) is 56.4 Å². The fourth-order valence-electron chi connectivity index (χ4n) is 7.87. The molecule has 3 heterocycles. The van der Waals surface area contributed by atoms with E-state index >= 15 is 0 Å². The minimum absolute atomic E-state index is 0.567. The van der Waals surface area contributed by atoms with Gasteiger partial charge >= 0.3 is 0 Å². The van der Waals surface area contributed by atoms with Gasteiger partial charge in [0.2, 0.25) is 0 Å². The molecule has 10 aromatic rings. The Bertz CT molecular complexity index is 3070. The highest BCUT2D eigenvalue weighted by molar-refractivity contribution is 6.26. The predicted molar refractivity (Wildman–Crippen MR) is 199 cm³/mol. The number of nitrogens with zero attached hydrogens (tertiary/aromatic N) is 5. The monoisotopic (exact) mass is 623 g/mol. The Hall–Kier alpha value is -7.08. The Balaban J connectivity index is 1.33. The van der Waals surface area contributed by atoms with E-state index < -0.39 is 0 Å². The third-order valence-electron chi connectivity index (χ3n) is 9.83. The molecule has 0 saturated heterocycles. The van der Waals surface area contributed by atoms with Crippen LogP contribution < -0.4 is 0 Å². The van der Waals surface area contributed by atoms with Crippen LogP contribution in [0, 0.1) is 22.7 Å². The van der Waals surface area contributed by atoms with Gasteiger partial charge in [-0.15, -0.1) is 0 Å². The number of hydrogen-bond acceptors (Lipinski definition) is 2. The minimum atomic E-state index is 0.567. The molecule has 226 valence electrons. The van der Waals surface area contributed by atoms with E-state index in [0.717, 1.165) is 71.7 Å². The molecule has 0 atom stereocenters. The van der Waals surface area contributed by atoms with Crippen molar-refractivity contribution < 1.29 is 0 Å². The lowest BCUT2D eigenvalue weighted by molar-refractivity contribution is 1.13. The Morgan fingerprint density at radius 1 is 0.347 bits per heavy atom. The molecular weight excluding hydrogens is 599 g/mol. The number of para-hydroxylation sites is 4. The summed E-state index contributed by atoms with van der Waals surface area (Å²) in [4.78, 5) is 0. The van der Waals surface area contributed by atoms with Crippen molar-refractivity contribution in [1.29, 1.82) is 10.5 Å². The van der Waals surface area contributed by atoms with Gasteiger partial charge < -0.3 is 13.7 Å². The largest absolute Gasteiger partial charge is 0.309 e. The first-order valence-corrected chi connectivity index (χ1v) is 16.2. The lowest BCUT2D eigenvalue weighted by atomic mass is 10.1. The van der Waals surface area contributed by atoms with Crippen LogP contribution in [-0.2, 0) is 0 Å². The van der Waals surface area contributed by atoms with E-state index in [2.05, 4.69) is 135 Å². The van der Waals surface area contributed by atoms with Gasteiger partial charge in [0.25, 0.3) is 0 Å². The standard InChI is InChI=1S/C44H25N5/c45-26-28-18-20-41-37(24-28)34-13-5-7-15-38(34)47(41)31-22-29(27-46)23-32(25-31)48-40-17-9-6-14-36(40)43-42(48)21-19-35-33-12-4-8-16-39(33)49(44(35)43)30-10-2-1-3-11-30/h1-25H. The van der Waals surface area contributed by atoms with Crippen LogP contribution in [0.2, 0.25) is 0 Å². The summed E-state index contributed by atoms with van der Waals surface area (Å²) in [6.07, 6.45) is 0. The van der Waals surface area contributed by atoms with Gasteiger partial charge in [-0.25, -0.2) is 0 Å². The highest BCUT2D eigenvalue weighted by atomic mass is 15.0. The normalized spacial score (nSPS) is 11.6. The lowest BCUT2D eigenvalue weighted by Gasteiger charge is -2.14. The summed E-state index contributed by atoms with van der Waals surface area (Å²) in [6.45, 7) is 0. The Morgan fingerprint density at radius 2 is 0.878 bits per heavy atom. The number of nitriles is 2. The fourth-order valence-corrected chi connectivity index (χ4v) is 7.87. The summed E-state index contributed by atoms with van der Waals surface area (Å²) < 4.78 is 6.88. The zero-order valence-corrected chi connectivity index (χ0v) is 26.2. The first kappa shape index (κ1) is 27.1. The van der Waals surface area contributed by atoms with Gasteiger partial charge in [-0.1, -0.05) is 78.9 Å². The molecule has 0 N–H and O–H groups in total. The van der Waals surface area contributed by atoms with Crippen molar-refractivity contribution in [3.05, 3.63) is 163 Å². The van der Waals surface area contributed by atoms with Crippen LogP contribution in [0.5, 0.6) is 0 Å². The summed E-state index contributed by atoms with van der Waals surface area (Å²) in [5, 5.41) is 26.8. The molecule has 0 aliphatic rings. The van der Waals surface area contributed by atoms with Crippen molar-refractivity contribution in [3.63, 3.8) is 0 Å². The van der Waals surface area contributed by atoms with Gasteiger partial charge in [0.1, 0.15) is 0 Å². The molecule has 7 aromatic carbocycles. The molecule has 0 bridgehead atoms. The average Bonchev–Trinajstić information content (AvgIpc) is 3.80. The second kappa shape index (κ2) is 10.2. The van der Waals surface area contributed by atoms with Crippen LogP contribution in [0.3, 0.4) is 0 Å². The molecule has 3 aromatic heterocycles. The van der Waals surface area contributed by atoms with Crippen LogP contribution in [0.4, 0.5) is 0 Å². The Labute approximate surface area is 280 Å². The van der Waals surface area contributed by atoms with E-state index in [0.29, 0.717) is 11.1 Å². The topological polar surface area (TPSA) is 62.4 Å². The molecule has 0 amide bonds. The molecule has 5 nitrogen and oxygen atoms in total. The van der Waals surface area contributed by atoms with Crippen LogP contribution in [-0.4, -0.2) is 13.7 Å². The molecule has 0 aliphatic carbocycles. The molecule has 0 fully saturated rings. The van der Waals surface area contributed by atoms with E-state index in [1.807, 2.05) is 42.5 Å². The fraction of sp³-hybridized carbons (Fsp3) is 0. The van der Waals surface area contributed by atoms with Crippen molar-refractivity contribution in [2.45, 2.75) is 0 Å². The van der Waals surface area contributed by atoms with Crippen LogP contribution in [0.1, 0.15) is 11.1 Å². The van der Waals surface area contributed by atoms with Crippen molar-refractivity contribution in [2.24, 2.45) is 0 Å². The molecule has 49 heavy (non-hydrogen) atoms. The lowest BCUT2D eigenvalue weighted by Crippen LogP contribution is -2.00. The Morgan fingerprint density at radius 3 is 1.57 bits per heavy atom. The summed E-state index contributed by atoms with van der Waals surface area (Å²) >= 11 is 0. The highest BCUT2D eigenvalue weighted by Crippen LogP contribution is 2.42. The molecular formula is C44H25N5. The third-order valence-corrected chi connectivity index (χ3v) is 9.83. The summed E-state index contributed by atoms with van der Waals surface area (Å²) in [5.41, 5.74) is 10.5. The van der Waals surface area contributed by atoms with E-state index in [1.54, 1.807) is 0 Å². The second-order valence-electron chi connectivity index (χ2n) is 12.4. The summed E-state index contributed by atoms with van der Waals surface area (Å²) in [5.74, 6) is 0. The zero-order valence-electron chi connectivity index (χ0n) is 26.2. The highest BCUT2D eigenvalue weighted by Gasteiger charge is 2.22. The van der Waals surface area contributed by atoms with Gasteiger partial charge in [0.15, 0.2) is 0 Å². The minimum Gasteiger partial charge on any atom is -0.309 e. The van der Waals surface area contributed by atoms with Gasteiger partial charge in [-0.05, 0) is 72.8 Å². The molecule has 10 rings (SSSR count). The molecule has 0 saturated carbocycles. The maximum absolute atomic E-state index is 10.4. The molecule has 5 heteroatoms. The quantitative estimate of drug-likeness (QED) is 0.197. The second-order valence-corrected chi connectivity index (χ2v) is 12.4. The predicted octanol–water partition coefficient (Wildman–Crippen LogP) is 10.7. The molecule has 0 unspecified atom stereocenters. The van der Waals surface area contributed by atoms with Gasteiger partial charge in [-0.3, -0.25) is 0 Å². The van der Waals surface area contributed by atoms with Crippen molar-refractivity contribution in [2.75, 3.05) is 0 Å². The molecule has 0 spiro atoms. The maximum Gasteiger partial charge on any atom is 0.0993 e. The van der Waals surface area contributed by atoms with Gasteiger partial charge in [-0.2, -0.15) is 10.5 Å². The van der Waals surface area contributed by atoms with E-state index in [4.69, 9.17) is 0 Å². The van der Waals surface area contributed by atoms with Crippen LogP contribution in [0.15, 0.2) is 152 Å². The smallest absolute Gasteiger partial charge is 0.0993 e. The zero-order chi connectivity index (χ0) is 32.6. The number of aromatic nitrogens is 3. The Kier molecular flexibility index (Phi) is 5.64. The van der Waals surface area contributed by atoms with E-state index in [1.165, 1.54) is 10.8 Å². The van der Waals surface area contributed by atoms with Crippen molar-refractivity contribution >= 4 is 65.4 Å². The molecule has 0 radical (unpaired) electrons. The number of fused-ring (bicyclic) bond motifs is 10. The van der Waals surface area contributed by atoms with Crippen LogP contribution >= 0.6 is 0 Å². The third kappa shape index (κ3) is 3.79.